The first kappa shape index (κ1) is 19.9. The lowest BCUT2D eigenvalue weighted by Gasteiger charge is -2.40. The fourth-order valence-corrected chi connectivity index (χ4v) is 4.88. The topological polar surface area (TPSA) is 9.23 Å². The second kappa shape index (κ2) is 8.94. The Morgan fingerprint density at radius 1 is 0.759 bits per heavy atom. The van der Waals surface area contributed by atoms with Gasteiger partial charge in [-0.15, -0.1) is 0 Å². The minimum Gasteiger partial charge on any atom is -0.366 e. The van der Waals surface area contributed by atoms with Crippen molar-refractivity contribution in [2.75, 3.05) is 6.61 Å². The standard InChI is InChI=1S/C27H25BrO/c1-21(27(19-11-12-20-29-27)24-17-9-4-10-18-24)26(28)25(22-13-5-2-6-14-22)23-15-7-3-8-16-23/h2-10,13-18H,1,11-12,19-20H2. The van der Waals surface area contributed by atoms with E-state index in [9.17, 15) is 0 Å². The predicted octanol–water partition coefficient (Wildman–Crippen LogP) is 7.49. The molecule has 146 valence electrons. The highest BCUT2D eigenvalue weighted by molar-refractivity contribution is 9.12. The maximum atomic E-state index is 6.49. The molecule has 3 aromatic carbocycles. The highest BCUT2D eigenvalue weighted by Gasteiger charge is 2.39. The van der Waals surface area contributed by atoms with Crippen molar-refractivity contribution in [3.8, 4) is 0 Å². The predicted molar refractivity (Wildman–Crippen MR) is 125 cm³/mol. The van der Waals surface area contributed by atoms with Crippen LogP contribution in [0, 0.1) is 0 Å². The van der Waals surface area contributed by atoms with E-state index in [-0.39, 0.29) is 0 Å². The minimum atomic E-state index is -0.507. The van der Waals surface area contributed by atoms with Crippen LogP contribution in [0.3, 0.4) is 0 Å². The number of benzene rings is 3. The molecule has 1 atom stereocenters. The summed E-state index contributed by atoms with van der Waals surface area (Å²) in [5, 5.41) is 0. The Morgan fingerprint density at radius 3 is 1.76 bits per heavy atom. The van der Waals surface area contributed by atoms with Crippen molar-refractivity contribution >= 4 is 21.5 Å². The summed E-state index contributed by atoms with van der Waals surface area (Å²) in [6, 6.07) is 31.5. The number of hydrogen-bond donors (Lipinski definition) is 0. The van der Waals surface area contributed by atoms with Gasteiger partial charge in [0.25, 0.3) is 0 Å². The van der Waals surface area contributed by atoms with E-state index >= 15 is 0 Å². The fraction of sp³-hybridized carbons (Fsp3) is 0.185. The smallest absolute Gasteiger partial charge is 0.119 e. The van der Waals surface area contributed by atoms with Crippen molar-refractivity contribution in [3.05, 3.63) is 124 Å². The van der Waals surface area contributed by atoms with Crippen LogP contribution < -0.4 is 0 Å². The zero-order valence-electron chi connectivity index (χ0n) is 16.5. The van der Waals surface area contributed by atoms with Gasteiger partial charge in [0, 0.05) is 16.7 Å². The maximum absolute atomic E-state index is 6.49. The van der Waals surface area contributed by atoms with Gasteiger partial charge in [0.1, 0.15) is 5.60 Å². The molecule has 0 aliphatic carbocycles. The monoisotopic (exact) mass is 444 g/mol. The van der Waals surface area contributed by atoms with Crippen LogP contribution in [0.1, 0.15) is 36.0 Å². The number of halogens is 1. The van der Waals surface area contributed by atoms with E-state index in [1.807, 2.05) is 18.2 Å². The SMILES string of the molecule is C=C(C(Br)=C(c1ccccc1)c1ccccc1)C1(c2ccccc2)CCCCO1. The molecule has 0 saturated carbocycles. The van der Waals surface area contributed by atoms with Gasteiger partial charge in [-0.25, -0.2) is 0 Å². The first-order chi connectivity index (χ1) is 14.2. The molecule has 4 rings (SSSR count). The molecule has 1 heterocycles. The summed E-state index contributed by atoms with van der Waals surface area (Å²) >= 11 is 3.95. The van der Waals surface area contributed by atoms with Gasteiger partial charge >= 0.3 is 0 Å². The van der Waals surface area contributed by atoms with Gasteiger partial charge in [-0.3, -0.25) is 0 Å². The maximum Gasteiger partial charge on any atom is 0.119 e. The molecule has 0 spiro atoms. The lowest BCUT2D eigenvalue weighted by Crippen LogP contribution is -2.35. The van der Waals surface area contributed by atoms with Crippen LogP contribution in [0.2, 0.25) is 0 Å². The van der Waals surface area contributed by atoms with E-state index in [0.717, 1.165) is 52.6 Å². The van der Waals surface area contributed by atoms with Gasteiger partial charge in [-0.1, -0.05) is 97.6 Å². The van der Waals surface area contributed by atoms with Gasteiger partial charge in [0.05, 0.1) is 0 Å². The molecule has 0 amide bonds. The molecule has 1 nitrogen and oxygen atoms in total. The molecule has 0 bridgehead atoms. The van der Waals surface area contributed by atoms with Gasteiger partial charge in [-0.05, 0) is 57.5 Å². The molecule has 1 fully saturated rings. The normalized spacial score (nSPS) is 18.8. The Kier molecular flexibility index (Phi) is 6.13. The Bertz CT molecular complexity index is 943. The molecule has 3 aromatic rings. The summed E-state index contributed by atoms with van der Waals surface area (Å²) in [7, 11) is 0. The third-order valence-corrected chi connectivity index (χ3v) is 6.48. The third-order valence-electron chi connectivity index (χ3n) is 5.61. The van der Waals surface area contributed by atoms with E-state index in [0.29, 0.717) is 0 Å². The van der Waals surface area contributed by atoms with Gasteiger partial charge in [0.15, 0.2) is 0 Å². The number of rotatable bonds is 5. The number of hydrogen-bond acceptors (Lipinski definition) is 1. The summed E-state index contributed by atoms with van der Waals surface area (Å²) < 4.78 is 7.49. The highest BCUT2D eigenvalue weighted by Crippen LogP contribution is 2.47. The molecular formula is C27H25BrO. The Hall–Kier alpha value is -2.42. The molecule has 0 aromatic heterocycles. The summed E-state index contributed by atoms with van der Waals surface area (Å²) in [6.07, 6.45) is 3.15. The van der Waals surface area contributed by atoms with Crippen LogP contribution in [-0.2, 0) is 10.3 Å². The van der Waals surface area contributed by atoms with Gasteiger partial charge in [0.2, 0.25) is 0 Å². The minimum absolute atomic E-state index is 0.507. The van der Waals surface area contributed by atoms with E-state index in [4.69, 9.17) is 4.74 Å². The van der Waals surface area contributed by atoms with Gasteiger partial charge < -0.3 is 4.74 Å². The third kappa shape index (κ3) is 4.01. The van der Waals surface area contributed by atoms with Crippen molar-refractivity contribution < 1.29 is 4.74 Å². The van der Waals surface area contributed by atoms with E-state index < -0.39 is 5.60 Å². The van der Waals surface area contributed by atoms with Crippen LogP contribution in [0.25, 0.3) is 5.57 Å². The van der Waals surface area contributed by atoms with E-state index in [1.165, 1.54) is 5.56 Å². The molecule has 29 heavy (non-hydrogen) atoms. The average molecular weight is 445 g/mol. The summed E-state index contributed by atoms with van der Waals surface area (Å²) in [6.45, 7) is 5.32. The molecular weight excluding hydrogens is 420 g/mol. The summed E-state index contributed by atoms with van der Waals surface area (Å²) in [5.74, 6) is 0. The van der Waals surface area contributed by atoms with E-state index in [2.05, 4.69) is 95.3 Å². The van der Waals surface area contributed by atoms with Crippen LogP contribution in [0.15, 0.2) is 108 Å². The molecule has 0 radical (unpaired) electrons. The van der Waals surface area contributed by atoms with Crippen LogP contribution in [-0.4, -0.2) is 6.61 Å². The quantitative estimate of drug-likeness (QED) is 0.370. The second-order valence-corrected chi connectivity index (χ2v) is 8.19. The number of ether oxygens (including phenoxy) is 1. The zero-order chi connectivity index (χ0) is 20.1. The Balaban J connectivity index is 1.88. The van der Waals surface area contributed by atoms with Crippen LogP contribution in [0.5, 0.6) is 0 Å². The van der Waals surface area contributed by atoms with Crippen molar-refractivity contribution in [1.29, 1.82) is 0 Å². The first-order valence-corrected chi connectivity index (χ1v) is 10.9. The average Bonchev–Trinajstić information content (AvgIpc) is 2.81. The summed E-state index contributed by atoms with van der Waals surface area (Å²) in [5.41, 5.74) is 5.10. The fourth-order valence-electron chi connectivity index (χ4n) is 4.10. The molecule has 1 unspecified atom stereocenters. The Morgan fingerprint density at radius 2 is 1.28 bits per heavy atom. The molecule has 2 heteroatoms. The van der Waals surface area contributed by atoms with Crippen LogP contribution in [0.4, 0.5) is 0 Å². The van der Waals surface area contributed by atoms with Crippen molar-refractivity contribution in [2.24, 2.45) is 0 Å². The molecule has 1 saturated heterocycles. The highest BCUT2D eigenvalue weighted by atomic mass is 79.9. The van der Waals surface area contributed by atoms with Crippen molar-refractivity contribution in [3.63, 3.8) is 0 Å². The zero-order valence-corrected chi connectivity index (χ0v) is 18.1. The van der Waals surface area contributed by atoms with Crippen molar-refractivity contribution in [2.45, 2.75) is 24.9 Å². The van der Waals surface area contributed by atoms with E-state index in [1.54, 1.807) is 0 Å². The lowest BCUT2D eigenvalue weighted by molar-refractivity contribution is -0.0537. The first-order valence-electron chi connectivity index (χ1n) is 10.1. The van der Waals surface area contributed by atoms with Crippen molar-refractivity contribution in [1.82, 2.24) is 0 Å². The Labute approximate surface area is 181 Å². The molecule has 1 aliphatic heterocycles. The summed E-state index contributed by atoms with van der Waals surface area (Å²) in [4.78, 5) is 0. The second-order valence-electron chi connectivity index (χ2n) is 7.40. The van der Waals surface area contributed by atoms with Crippen LogP contribution >= 0.6 is 15.9 Å². The van der Waals surface area contributed by atoms with Gasteiger partial charge in [-0.2, -0.15) is 0 Å². The molecule has 1 aliphatic rings. The largest absolute Gasteiger partial charge is 0.366 e. The lowest BCUT2D eigenvalue weighted by atomic mass is 9.79. The molecule has 0 N–H and O–H groups in total.